The summed E-state index contributed by atoms with van der Waals surface area (Å²) in [4.78, 5) is 38.0. The molecule has 11 heteroatoms. The van der Waals surface area contributed by atoms with Crippen molar-refractivity contribution in [2.24, 2.45) is 5.92 Å². The van der Waals surface area contributed by atoms with Crippen LogP contribution in [0, 0.1) is 12.8 Å². The molecule has 1 atom stereocenters. The zero-order valence-corrected chi connectivity index (χ0v) is 25.3. The minimum absolute atomic E-state index is 0.161. The van der Waals surface area contributed by atoms with Crippen LogP contribution < -0.4 is 15.4 Å². The Labute approximate surface area is 258 Å². The van der Waals surface area contributed by atoms with Crippen LogP contribution in [0.5, 0.6) is 5.75 Å². The SMILES string of the molecule is Cc1c(OCc2cnco2)ccc2c1CCN(CC(O)CNC(=O)c1ccnc(NC3CCN(C(=O)C4CCC4)CC3)c1)C2. The van der Waals surface area contributed by atoms with Crippen LogP contribution in [0.4, 0.5) is 5.82 Å². The smallest absolute Gasteiger partial charge is 0.251 e. The fourth-order valence-corrected chi connectivity index (χ4v) is 6.34. The van der Waals surface area contributed by atoms with Gasteiger partial charge in [0.2, 0.25) is 5.91 Å². The summed E-state index contributed by atoms with van der Waals surface area (Å²) in [6.45, 7) is 6.11. The van der Waals surface area contributed by atoms with Crippen LogP contribution in [0.25, 0.3) is 0 Å². The number of aliphatic hydroxyl groups is 1. The quantitative estimate of drug-likeness (QED) is 0.302. The third-order valence-electron chi connectivity index (χ3n) is 9.17. The first-order valence-electron chi connectivity index (χ1n) is 15.7. The number of aliphatic hydroxyl groups excluding tert-OH is 1. The number of fused-ring (bicyclic) bond motifs is 1. The normalized spacial score (nSPS) is 18.3. The average molecular weight is 603 g/mol. The van der Waals surface area contributed by atoms with Gasteiger partial charge in [-0.3, -0.25) is 14.5 Å². The number of rotatable bonds is 11. The number of benzene rings is 1. The minimum Gasteiger partial charge on any atom is -0.485 e. The molecule has 1 aliphatic carbocycles. The van der Waals surface area contributed by atoms with Crippen molar-refractivity contribution in [3.8, 4) is 5.75 Å². The number of hydrogen-bond donors (Lipinski definition) is 3. The zero-order valence-electron chi connectivity index (χ0n) is 25.3. The summed E-state index contributed by atoms with van der Waals surface area (Å²) in [5.74, 6) is 2.48. The van der Waals surface area contributed by atoms with Gasteiger partial charge in [-0.25, -0.2) is 9.97 Å². The first-order valence-corrected chi connectivity index (χ1v) is 15.7. The molecular weight excluding hydrogens is 560 g/mol. The van der Waals surface area contributed by atoms with E-state index in [9.17, 15) is 14.7 Å². The molecule has 3 aliphatic rings. The molecule has 0 spiro atoms. The highest BCUT2D eigenvalue weighted by Gasteiger charge is 2.31. The number of carbonyl (C=O) groups is 2. The van der Waals surface area contributed by atoms with Gasteiger partial charge < -0.3 is 29.8 Å². The summed E-state index contributed by atoms with van der Waals surface area (Å²) < 4.78 is 11.2. The van der Waals surface area contributed by atoms with Crippen LogP contribution in [0.15, 0.2) is 47.5 Å². The van der Waals surface area contributed by atoms with Gasteiger partial charge in [0.05, 0.1) is 12.3 Å². The van der Waals surface area contributed by atoms with E-state index in [4.69, 9.17) is 9.15 Å². The van der Waals surface area contributed by atoms with E-state index in [0.717, 1.165) is 69.6 Å². The fourth-order valence-electron chi connectivity index (χ4n) is 6.34. The van der Waals surface area contributed by atoms with Gasteiger partial charge in [-0.15, -0.1) is 0 Å². The second kappa shape index (κ2) is 13.8. The lowest BCUT2D eigenvalue weighted by atomic mass is 9.84. The summed E-state index contributed by atoms with van der Waals surface area (Å²) in [5, 5.41) is 17.1. The monoisotopic (exact) mass is 602 g/mol. The number of β-amino-alcohol motifs (C(OH)–C–C–N with tert-alkyl or cyclic N) is 1. The molecule has 1 saturated heterocycles. The van der Waals surface area contributed by atoms with Gasteiger partial charge in [0.1, 0.15) is 18.2 Å². The first-order chi connectivity index (χ1) is 21.4. The van der Waals surface area contributed by atoms with Crippen LogP contribution in [0.3, 0.4) is 0 Å². The number of anilines is 1. The number of pyridine rings is 1. The van der Waals surface area contributed by atoms with Crippen LogP contribution in [-0.2, 0) is 24.4 Å². The Kier molecular flexibility index (Phi) is 9.42. The number of likely N-dealkylation sites (tertiary alicyclic amines) is 1. The highest BCUT2D eigenvalue weighted by atomic mass is 16.5. The molecule has 2 aliphatic heterocycles. The number of piperidine rings is 1. The lowest BCUT2D eigenvalue weighted by molar-refractivity contribution is -0.139. The third-order valence-corrected chi connectivity index (χ3v) is 9.17. The van der Waals surface area contributed by atoms with E-state index in [2.05, 4.69) is 38.5 Å². The number of nitrogens with zero attached hydrogens (tertiary/aromatic N) is 4. The number of carbonyl (C=O) groups excluding carboxylic acids is 2. The van der Waals surface area contributed by atoms with E-state index in [0.29, 0.717) is 36.2 Å². The van der Waals surface area contributed by atoms with Gasteiger partial charge in [-0.2, -0.15) is 0 Å². The topological polar surface area (TPSA) is 133 Å². The summed E-state index contributed by atoms with van der Waals surface area (Å²) in [6, 6.07) is 7.72. The molecule has 234 valence electrons. The van der Waals surface area contributed by atoms with Crippen molar-refractivity contribution in [2.75, 3.05) is 38.0 Å². The van der Waals surface area contributed by atoms with E-state index >= 15 is 0 Å². The number of hydrogen-bond acceptors (Lipinski definition) is 9. The Bertz CT molecular complexity index is 1430. The Hall–Kier alpha value is -3.96. The van der Waals surface area contributed by atoms with E-state index in [1.54, 1.807) is 24.5 Å². The Morgan fingerprint density at radius 2 is 2.00 bits per heavy atom. The number of aromatic nitrogens is 2. The maximum atomic E-state index is 12.9. The van der Waals surface area contributed by atoms with E-state index < -0.39 is 6.10 Å². The number of oxazole rings is 1. The number of amides is 2. The molecule has 2 aromatic heterocycles. The van der Waals surface area contributed by atoms with Gasteiger partial charge >= 0.3 is 0 Å². The van der Waals surface area contributed by atoms with Crippen molar-refractivity contribution >= 4 is 17.6 Å². The van der Waals surface area contributed by atoms with Gasteiger partial charge in [-0.05, 0) is 73.9 Å². The van der Waals surface area contributed by atoms with Crippen molar-refractivity contribution in [2.45, 2.75) is 70.7 Å². The van der Waals surface area contributed by atoms with E-state index in [-0.39, 0.29) is 24.4 Å². The Morgan fingerprint density at radius 1 is 1.16 bits per heavy atom. The molecule has 1 saturated carbocycles. The zero-order chi connectivity index (χ0) is 30.5. The highest BCUT2D eigenvalue weighted by molar-refractivity contribution is 5.94. The van der Waals surface area contributed by atoms with Crippen LogP contribution >= 0.6 is 0 Å². The van der Waals surface area contributed by atoms with Crippen LogP contribution in [0.1, 0.15) is 64.9 Å². The predicted octanol–water partition coefficient (Wildman–Crippen LogP) is 3.31. The Morgan fingerprint density at radius 3 is 2.75 bits per heavy atom. The van der Waals surface area contributed by atoms with Gasteiger partial charge in [0.25, 0.3) is 5.91 Å². The fraction of sp³-hybridized carbons (Fsp3) is 0.515. The van der Waals surface area contributed by atoms with Gasteiger partial charge in [0, 0.05) is 63.0 Å². The van der Waals surface area contributed by atoms with E-state index in [1.807, 2.05) is 11.0 Å². The molecule has 4 heterocycles. The predicted molar refractivity (Wildman–Crippen MR) is 164 cm³/mol. The molecule has 0 bridgehead atoms. The standard InChI is InChI=1S/C33H42N6O5/c1-22-29-10-12-38(18-25(29)5-6-30(22)43-20-28-17-34-21-44-28)19-27(40)16-36-32(41)24-7-11-35-31(15-24)37-26-8-13-39(14-9-26)33(42)23-3-2-4-23/h5-7,11,15,17,21,23,26-27,40H,2-4,8-10,12-14,16,18-20H2,1H3,(H,35,37)(H,36,41). The maximum absolute atomic E-state index is 12.9. The summed E-state index contributed by atoms with van der Waals surface area (Å²) >= 11 is 0. The third kappa shape index (κ3) is 7.22. The van der Waals surface area contributed by atoms with Crippen molar-refractivity contribution in [1.29, 1.82) is 0 Å². The van der Waals surface area contributed by atoms with Crippen molar-refractivity contribution in [3.63, 3.8) is 0 Å². The Balaban J connectivity index is 0.938. The van der Waals surface area contributed by atoms with Crippen LogP contribution in [0.2, 0.25) is 0 Å². The molecule has 1 unspecified atom stereocenters. The van der Waals surface area contributed by atoms with Gasteiger partial charge in [-0.1, -0.05) is 12.5 Å². The molecule has 3 aromatic rings. The molecule has 2 fully saturated rings. The molecular formula is C33H42N6O5. The lowest BCUT2D eigenvalue weighted by Crippen LogP contribution is -2.46. The van der Waals surface area contributed by atoms with Gasteiger partial charge in [0.15, 0.2) is 12.2 Å². The summed E-state index contributed by atoms with van der Waals surface area (Å²) in [5.41, 5.74) is 4.14. The molecule has 11 nitrogen and oxygen atoms in total. The average Bonchev–Trinajstić information content (AvgIpc) is 3.53. The number of ether oxygens (including phenoxy) is 1. The molecule has 0 radical (unpaired) electrons. The molecule has 3 N–H and O–H groups in total. The largest absolute Gasteiger partial charge is 0.485 e. The lowest BCUT2D eigenvalue weighted by Gasteiger charge is -2.36. The highest BCUT2D eigenvalue weighted by Crippen LogP contribution is 2.31. The second-order valence-corrected chi connectivity index (χ2v) is 12.2. The van der Waals surface area contributed by atoms with Crippen molar-refractivity contribution < 1.29 is 23.8 Å². The van der Waals surface area contributed by atoms with Crippen LogP contribution in [-0.4, -0.2) is 81.6 Å². The van der Waals surface area contributed by atoms with Crippen molar-refractivity contribution in [3.05, 3.63) is 71.1 Å². The maximum Gasteiger partial charge on any atom is 0.251 e. The summed E-state index contributed by atoms with van der Waals surface area (Å²) in [7, 11) is 0. The van der Waals surface area contributed by atoms with E-state index in [1.165, 1.54) is 23.9 Å². The minimum atomic E-state index is -0.696. The second-order valence-electron chi connectivity index (χ2n) is 12.2. The summed E-state index contributed by atoms with van der Waals surface area (Å²) in [6.07, 6.45) is 9.80. The van der Waals surface area contributed by atoms with Crippen molar-refractivity contribution in [1.82, 2.24) is 25.1 Å². The molecule has 2 amide bonds. The molecule has 44 heavy (non-hydrogen) atoms. The molecule has 6 rings (SSSR count). The molecule has 1 aromatic carbocycles. The number of nitrogens with one attached hydrogen (secondary N) is 2. The first kappa shape index (κ1) is 30.1.